The predicted molar refractivity (Wildman–Crippen MR) is 172 cm³/mol. The van der Waals surface area contributed by atoms with Crippen molar-refractivity contribution in [3.8, 4) is 0 Å². The third kappa shape index (κ3) is 13.2. The maximum Gasteiger partial charge on any atom is 0.305 e. The van der Waals surface area contributed by atoms with Gasteiger partial charge >= 0.3 is 11.9 Å². The number of guanidine groups is 1. The van der Waals surface area contributed by atoms with Crippen LogP contribution in [-0.4, -0.2) is 124 Å². The lowest BCUT2D eigenvalue weighted by molar-refractivity contribution is -0.146. The van der Waals surface area contributed by atoms with Crippen molar-refractivity contribution in [2.75, 3.05) is 19.6 Å². The van der Waals surface area contributed by atoms with Crippen LogP contribution < -0.4 is 43.8 Å². The Labute approximate surface area is 282 Å². The molecule has 6 atom stereocenters. The largest absolute Gasteiger partial charge is 0.481 e. The normalized spacial score (nSPS) is 25.8. The van der Waals surface area contributed by atoms with Crippen molar-refractivity contribution in [3.63, 3.8) is 0 Å². The van der Waals surface area contributed by atoms with E-state index in [1.54, 1.807) is 0 Å². The van der Waals surface area contributed by atoms with E-state index in [1.807, 2.05) is 0 Å². The molecule has 2 fully saturated rings. The monoisotopic (exact) mass is 696 g/mol. The molecule has 2 aliphatic rings. The topological polar surface area (TPSA) is 331 Å². The molecule has 0 spiro atoms. The number of carboxylic acid groups (broad SMARTS) is 2. The summed E-state index contributed by atoms with van der Waals surface area (Å²) in [7, 11) is 0. The number of carbonyl (C=O) groups excluding carboxylic acids is 6. The molecule has 0 aromatic heterocycles. The summed E-state index contributed by atoms with van der Waals surface area (Å²) in [4.78, 5) is 109. The number of nitrogens with zero attached hydrogens (tertiary/aromatic N) is 2. The lowest BCUT2D eigenvalue weighted by atomic mass is 10.0. The Morgan fingerprint density at radius 2 is 1.31 bits per heavy atom. The van der Waals surface area contributed by atoms with Gasteiger partial charge in [0.05, 0.1) is 6.42 Å². The van der Waals surface area contributed by atoms with Crippen LogP contribution >= 0.6 is 0 Å². The summed E-state index contributed by atoms with van der Waals surface area (Å²) in [5, 5.41) is 31.3. The standard InChI is InChI=1S/C29H48N10O10/c1-15-23(44)35-16(6-2-3-11-30)24(45)36-17(7-4-12-33-29(31)32)25(46)37-18(9-10-21(40)41)26(47)38-19(14-22(42)43)28(49)39-13-5-8-20(39)27(48)34-15/h15-20H,2-14,30H2,1H3,(H,34,48)(H,35,44)(H,36,45)(H,37,46)(H,38,47)(H,40,41)(H,42,43)(H4,31,32,33)/t15-,16-,17-,18-,19-,20-/m0/s1. The van der Waals surface area contributed by atoms with Gasteiger partial charge in [0.1, 0.15) is 36.3 Å². The van der Waals surface area contributed by atoms with E-state index in [0.29, 0.717) is 25.8 Å². The third-order valence-electron chi connectivity index (χ3n) is 8.02. The van der Waals surface area contributed by atoms with E-state index in [1.165, 1.54) is 6.92 Å². The fourth-order valence-electron chi connectivity index (χ4n) is 5.44. The third-order valence-corrected chi connectivity index (χ3v) is 8.02. The van der Waals surface area contributed by atoms with Crippen molar-refractivity contribution in [1.82, 2.24) is 31.5 Å². The summed E-state index contributed by atoms with van der Waals surface area (Å²) >= 11 is 0. The number of unbranched alkanes of at least 4 members (excludes halogenated alkanes) is 1. The van der Waals surface area contributed by atoms with Crippen molar-refractivity contribution >= 4 is 53.3 Å². The second-order valence-electron chi connectivity index (χ2n) is 11.9. The van der Waals surface area contributed by atoms with Crippen molar-refractivity contribution in [1.29, 1.82) is 0 Å². The molecule has 0 bridgehead atoms. The van der Waals surface area contributed by atoms with E-state index >= 15 is 0 Å². The number of carboxylic acids is 2. The van der Waals surface area contributed by atoms with Crippen LogP contribution in [0.5, 0.6) is 0 Å². The molecule has 20 heteroatoms. The van der Waals surface area contributed by atoms with Crippen molar-refractivity contribution in [2.45, 2.75) is 107 Å². The van der Waals surface area contributed by atoms with Gasteiger partial charge in [0.2, 0.25) is 35.4 Å². The lowest BCUT2D eigenvalue weighted by Crippen LogP contribution is -2.61. The van der Waals surface area contributed by atoms with Crippen LogP contribution in [0.25, 0.3) is 0 Å². The van der Waals surface area contributed by atoms with Gasteiger partial charge in [-0.05, 0) is 64.8 Å². The van der Waals surface area contributed by atoms with Gasteiger partial charge in [-0.1, -0.05) is 0 Å². The highest BCUT2D eigenvalue weighted by Gasteiger charge is 2.40. The fourth-order valence-corrected chi connectivity index (χ4v) is 5.44. The lowest BCUT2D eigenvalue weighted by Gasteiger charge is -2.31. The van der Waals surface area contributed by atoms with Gasteiger partial charge in [-0.2, -0.15) is 0 Å². The molecule has 0 aliphatic carbocycles. The predicted octanol–water partition coefficient (Wildman–Crippen LogP) is -4.04. The molecule has 0 aromatic rings. The Balaban J connectivity index is 2.56. The van der Waals surface area contributed by atoms with Gasteiger partial charge in [-0.25, -0.2) is 0 Å². The molecular formula is C29H48N10O10. The number of aliphatic carboxylic acids is 2. The molecule has 49 heavy (non-hydrogen) atoms. The first-order valence-electron chi connectivity index (χ1n) is 16.2. The highest BCUT2D eigenvalue weighted by atomic mass is 16.4. The van der Waals surface area contributed by atoms with Crippen LogP contribution in [0.15, 0.2) is 4.99 Å². The van der Waals surface area contributed by atoms with Gasteiger partial charge in [0.15, 0.2) is 5.96 Å². The number of nitrogens with one attached hydrogen (secondary N) is 5. The Morgan fingerprint density at radius 3 is 1.86 bits per heavy atom. The van der Waals surface area contributed by atoms with Crippen molar-refractivity contribution in [3.05, 3.63) is 0 Å². The van der Waals surface area contributed by atoms with Gasteiger partial charge in [-0.3, -0.25) is 43.3 Å². The van der Waals surface area contributed by atoms with E-state index in [2.05, 4.69) is 31.6 Å². The molecular weight excluding hydrogens is 648 g/mol. The van der Waals surface area contributed by atoms with Crippen LogP contribution in [0.4, 0.5) is 0 Å². The summed E-state index contributed by atoms with van der Waals surface area (Å²) in [6.07, 6.45) is -0.224. The van der Waals surface area contributed by atoms with Crippen LogP contribution in [0.2, 0.25) is 0 Å². The molecule has 2 heterocycles. The second-order valence-corrected chi connectivity index (χ2v) is 11.9. The minimum absolute atomic E-state index is 0.0492. The van der Waals surface area contributed by atoms with Gasteiger partial charge in [0, 0.05) is 19.5 Å². The van der Waals surface area contributed by atoms with E-state index in [9.17, 15) is 48.6 Å². The molecule has 6 amide bonds. The summed E-state index contributed by atoms with van der Waals surface area (Å²) in [6, 6.07) is -8.04. The second kappa shape index (κ2) is 19.7. The molecule has 2 aliphatic heterocycles. The number of fused-ring (bicyclic) bond motifs is 1. The average molecular weight is 697 g/mol. The number of amides is 6. The summed E-state index contributed by atoms with van der Waals surface area (Å²) in [5.41, 5.74) is 16.4. The fraction of sp³-hybridized carbons (Fsp3) is 0.690. The first kappa shape index (κ1) is 40.2. The van der Waals surface area contributed by atoms with E-state index < -0.39 is 103 Å². The SMILES string of the molecule is C[C@@H]1NC(=O)[C@@H]2CCCN2C(=O)[C@H](CC(=O)O)NC(=O)[C@H](CCC(=O)O)NC(=O)[C@H](CCCN=C(N)N)NC(=O)[C@H](CCCCN)NC1=O. The molecule has 0 saturated carbocycles. The highest BCUT2D eigenvalue weighted by Crippen LogP contribution is 2.20. The van der Waals surface area contributed by atoms with Gasteiger partial charge < -0.3 is 58.9 Å². The zero-order valence-electron chi connectivity index (χ0n) is 27.4. The number of aliphatic imine (C=N–C) groups is 1. The number of nitrogens with two attached hydrogens (primary N) is 3. The number of hydrogen-bond donors (Lipinski definition) is 10. The molecule has 2 rings (SSSR count). The summed E-state index contributed by atoms with van der Waals surface area (Å²) in [6.45, 7) is 1.81. The van der Waals surface area contributed by atoms with Gasteiger partial charge in [0.25, 0.3) is 0 Å². The molecule has 0 aromatic carbocycles. The maximum atomic E-state index is 13.6. The van der Waals surface area contributed by atoms with E-state index in [4.69, 9.17) is 17.2 Å². The Kier molecular flexibility index (Phi) is 16.2. The molecule has 20 nitrogen and oxygen atoms in total. The molecule has 0 radical (unpaired) electrons. The van der Waals surface area contributed by atoms with Crippen LogP contribution in [0, 0.1) is 0 Å². The first-order valence-corrected chi connectivity index (χ1v) is 16.2. The smallest absolute Gasteiger partial charge is 0.305 e. The summed E-state index contributed by atoms with van der Waals surface area (Å²) in [5.74, 6) is -8.01. The zero-order chi connectivity index (χ0) is 36.7. The van der Waals surface area contributed by atoms with Crippen molar-refractivity contribution < 1.29 is 48.6 Å². The number of hydrogen-bond acceptors (Lipinski definition) is 10. The van der Waals surface area contributed by atoms with E-state index in [-0.39, 0.29) is 44.7 Å². The molecule has 0 unspecified atom stereocenters. The molecule has 13 N–H and O–H groups in total. The zero-order valence-corrected chi connectivity index (χ0v) is 27.4. The minimum atomic E-state index is -1.69. The quantitative estimate of drug-likeness (QED) is 0.0499. The first-order chi connectivity index (χ1) is 23.1. The molecule has 2 saturated heterocycles. The van der Waals surface area contributed by atoms with Crippen LogP contribution in [0.1, 0.15) is 71.1 Å². The highest BCUT2D eigenvalue weighted by molar-refractivity contribution is 5.99. The van der Waals surface area contributed by atoms with Crippen LogP contribution in [-0.2, 0) is 38.4 Å². The summed E-state index contributed by atoms with van der Waals surface area (Å²) < 4.78 is 0. The van der Waals surface area contributed by atoms with Crippen LogP contribution in [0.3, 0.4) is 0 Å². The average Bonchev–Trinajstić information content (AvgIpc) is 3.52. The maximum absolute atomic E-state index is 13.6. The Hall–Kier alpha value is -5.01. The van der Waals surface area contributed by atoms with Crippen molar-refractivity contribution in [2.24, 2.45) is 22.2 Å². The Bertz CT molecular complexity index is 1270. The number of rotatable bonds is 13. The van der Waals surface area contributed by atoms with E-state index in [0.717, 1.165) is 4.90 Å². The Morgan fingerprint density at radius 1 is 0.755 bits per heavy atom. The number of carbonyl (C=O) groups is 8. The minimum Gasteiger partial charge on any atom is -0.481 e. The molecule has 274 valence electrons. The van der Waals surface area contributed by atoms with Gasteiger partial charge in [-0.15, -0.1) is 0 Å².